The van der Waals surface area contributed by atoms with Crippen LogP contribution in [0.5, 0.6) is 0 Å². The Morgan fingerprint density at radius 2 is 1.51 bits per heavy atom. The third-order valence-electron chi connectivity index (χ3n) is 7.75. The number of rotatable bonds is 11. The number of nitrogens with one attached hydrogen (secondary N) is 3. The minimum atomic E-state index is -0.925. The lowest BCUT2D eigenvalue weighted by Crippen LogP contribution is -2.58. The number of hydrogen-bond acceptors (Lipinski definition) is 5. The van der Waals surface area contributed by atoms with Gasteiger partial charge in [-0.15, -0.1) is 0 Å². The first-order chi connectivity index (χ1) is 18.6. The molecule has 8 heteroatoms. The molecule has 0 bridgehead atoms. The van der Waals surface area contributed by atoms with E-state index in [2.05, 4.69) is 22.9 Å². The van der Waals surface area contributed by atoms with E-state index in [9.17, 15) is 19.2 Å². The molecule has 1 aliphatic rings. The lowest BCUT2D eigenvalue weighted by Gasteiger charge is -2.29. The van der Waals surface area contributed by atoms with E-state index in [1.807, 2.05) is 65.0 Å². The first-order valence-corrected chi connectivity index (χ1v) is 14.7. The molecule has 0 saturated carbocycles. The maximum atomic E-state index is 13.6. The molecular formula is C31H49N3O5. The standard InChI is InChI=1S/C31H49N3O5/c1-7-9-10-12-15-22(6)25-19-26(35)33-27(20(3)4)30(37)32-24(18-23-16-13-11-14-17-23)29(36)34-28(21(5)8-2)31(38)39-25/h11,13-14,16-17,20-22,24-25,27-28H,7-10,12,15,18-19H2,1-6H3,(H,32,37)(H,33,35)(H,34,36)/t21-,22-,24+,25-,27-,28-/m1/s1. The van der Waals surface area contributed by atoms with Crippen molar-refractivity contribution in [3.63, 3.8) is 0 Å². The molecule has 39 heavy (non-hydrogen) atoms. The summed E-state index contributed by atoms with van der Waals surface area (Å²) in [5.41, 5.74) is 0.868. The molecule has 1 fully saturated rings. The fourth-order valence-electron chi connectivity index (χ4n) is 4.85. The van der Waals surface area contributed by atoms with Crippen molar-refractivity contribution in [1.29, 1.82) is 0 Å². The van der Waals surface area contributed by atoms with E-state index in [-0.39, 0.29) is 36.5 Å². The van der Waals surface area contributed by atoms with Crippen LogP contribution in [-0.4, -0.2) is 47.9 Å². The van der Waals surface area contributed by atoms with E-state index in [0.29, 0.717) is 6.42 Å². The van der Waals surface area contributed by atoms with Gasteiger partial charge in [-0.05, 0) is 29.7 Å². The Morgan fingerprint density at radius 3 is 2.13 bits per heavy atom. The molecule has 8 nitrogen and oxygen atoms in total. The van der Waals surface area contributed by atoms with Crippen LogP contribution in [0.1, 0.15) is 92.1 Å². The van der Waals surface area contributed by atoms with Gasteiger partial charge in [0.15, 0.2) is 0 Å². The molecule has 1 heterocycles. The molecule has 6 atom stereocenters. The van der Waals surface area contributed by atoms with E-state index < -0.39 is 42.0 Å². The summed E-state index contributed by atoms with van der Waals surface area (Å²) in [4.78, 5) is 53.7. The van der Waals surface area contributed by atoms with Crippen molar-refractivity contribution in [3.05, 3.63) is 35.9 Å². The minimum absolute atomic E-state index is 0.0359. The van der Waals surface area contributed by atoms with E-state index in [4.69, 9.17) is 4.74 Å². The van der Waals surface area contributed by atoms with Gasteiger partial charge in [0.1, 0.15) is 24.2 Å². The molecule has 0 aliphatic carbocycles. The molecule has 2 rings (SSSR count). The number of unbranched alkanes of at least 4 members (excludes halogenated alkanes) is 3. The van der Waals surface area contributed by atoms with Crippen molar-refractivity contribution >= 4 is 23.7 Å². The normalized spacial score (nSPS) is 24.8. The second-order valence-electron chi connectivity index (χ2n) is 11.4. The summed E-state index contributed by atoms with van der Waals surface area (Å²) in [7, 11) is 0. The number of hydrogen-bond donors (Lipinski definition) is 3. The molecule has 1 aromatic carbocycles. The fourth-order valence-corrected chi connectivity index (χ4v) is 4.85. The van der Waals surface area contributed by atoms with Gasteiger partial charge >= 0.3 is 5.97 Å². The smallest absolute Gasteiger partial charge is 0.329 e. The Morgan fingerprint density at radius 1 is 0.821 bits per heavy atom. The van der Waals surface area contributed by atoms with Gasteiger partial charge in [0.05, 0.1) is 6.42 Å². The van der Waals surface area contributed by atoms with Gasteiger partial charge in [0.25, 0.3) is 0 Å². The lowest BCUT2D eigenvalue weighted by atomic mass is 9.93. The molecule has 3 N–H and O–H groups in total. The molecule has 0 radical (unpaired) electrons. The van der Waals surface area contributed by atoms with Crippen molar-refractivity contribution < 1.29 is 23.9 Å². The number of carbonyl (C=O) groups excluding carboxylic acids is 4. The highest BCUT2D eigenvalue weighted by Crippen LogP contribution is 2.22. The first-order valence-electron chi connectivity index (χ1n) is 14.7. The molecule has 218 valence electrons. The molecule has 1 saturated heterocycles. The first kappa shape index (κ1) is 32.3. The van der Waals surface area contributed by atoms with Crippen LogP contribution in [0, 0.1) is 17.8 Å². The second kappa shape index (κ2) is 16.3. The molecule has 1 aromatic rings. The molecule has 1 aliphatic heterocycles. The third-order valence-corrected chi connectivity index (χ3v) is 7.75. The van der Waals surface area contributed by atoms with Crippen LogP contribution in [-0.2, 0) is 30.3 Å². The number of cyclic esters (lactones) is 1. The van der Waals surface area contributed by atoms with Crippen molar-refractivity contribution in [1.82, 2.24) is 16.0 Å². The van der Waals surface area contributed by atoms with Gasteiger partial charge in [-0.25, -0.2) is 4.79 Å². The second-order valence-corrected chi connectivity index (χ2v) is 11.4. The van der Waals surface area contributed by atoms with Gasteiger partial charge < -0.3 is 20.7 Å². The minimum Gasteiger partial charge on any atom is -0.460 e. The summed E-state index contributed by atoms with van der Waals surface area (Å²) in [5, 5.41) is 8.59. The molecule has 0 aromatic heterocycles. The number of carbonyl (C=O) groups is 4. The fraction of sp³-hybridized carbons (Fsp3) is 0.677. The summed E-state index contributed by atoms with van der Waals surface area (Å²) < 4.78 is 5.99. The molecule has 3 amide bonds. The monoisotopic (exact) mass is 543 g/mol. The van der Waals surface area contributed by atoms with Crippen LogP contribution in [0.15, 0.2) is 30.3 Å². The average Bonchev–Trinajstić information content (AvgIpc) is 2.91. The van der Waals surface area contributed by atoms with Crippen molar-refractivity contribution in [3.8, 4) is 0 Å². The average molecular weight is 544 g/mol. The molecule has 0 spiro atoms. The highest BCUT2D eigenvalue weighted by molar-refractivity contribution is 5.94. The number of ether oxygens (including phenoxy) is 1. The summed E-state index contributed by atoms with van der Waals surface area (Å²) in [6, 6.07) is 6.75. The van der Waals surface area contributed by atoms with Crippen molar-refractivity contribution in [2.75, 3.05) is 0 Å². The van der Waals surface area contributed by atoms with Crippen molar-refractivity contribution in [2.45, 2.75) is 117 Å². The quantitative estimate of drug-likeness (QED) is 0.284. The zero-order chi connectivity index (χ0) is 28.9. The lowest BCUT2D eigenvalue weighted by molar-refractivity contribution is -0.158. The van der Waals surface area contributed by atoms with Crippen LogP contribution in [0.4, 0.5) is 0 Å². The van der Waals surface area contributed by atoms with Crippen LogP contribution < -0.4 is 16.0 Å². The highest BCUT2D eigenvalue weighted by atomic mass is 16.5. The Kier molecular flexibility index (Phi) is 13.5. The topological polar surface area (TPSA) is 114 Å². The van der Waals surface area contributed by atoms with E-state index >= 15 is 0 Å². The number of benzene rings is 1. The number of esters is 1. The van der Waals surface area contributed by atoms with Gasteiger partial charge in [-0.2, -0.15) is 0 Å². The Hall–Kier alpha value is -2.90. The molecular weight excluding hydrogens is 494 g/mol. The van der Waals surface area contributed by atoms with Crippen LogP contribution in [0.25, 0.3) is 0 Å². The van der Waals surface area contributed by atoms with E-state index in [0.717, 1.165) is 37.7 Å². The van der Waals surface area contributed by atoms with Gasteiger partial charge in [0.2, 0.25) is 17.7 Å². The van der Waals surface area contributed by atoms with Gasteiger partial charge in [-0.1, -0.05) is 104 Å². The van der Waals surface area contributed by atoms with E-state index in [1.165, 1.54) is 0 Å². The van der Waals surface area contributed by atoms with Crippen molar-refractivity contribution in [2.24, 2.45) is 17.8 Å². The van der Waals surface area contributed by atoms with Crippen LogP contribution in [0.3, 0.4) is 0 Å². The summed E-state index contributed by atoms with van der Waals surface area (Å²) in [6.07, 6.45) is 5.33. The Labute approximate surface area is 234 Å². The highest BCUT2D eigenvalue weighted by Gasteiger charge is 2.36. The predicted molar refractivity (Wildman–Crippen MR) is 153 cm³/mol. The Balaban J connectivity index is 2.41. The van der Waals surface area contributed by atoms with Gasteiger partial charge in [-0.3, -0.25) is 14.4 Å². The maximum Gasteiger partial charge on any atom is 0.329 e. The summed E-state index contributed by atoms with van der Waals surface area (Å²) in [6.45, 7) is 11.7. The van der Waals surface area contributed by atoms with Crippen LogP contribution in [0.2, 0.25) is 0 Å². The zero-order valence-corrected chi connectivity index (χ0v) is 24.6. The maximum absolute atomic E-state index is 13.6. The third kappa shape index (κ3) is 10.3. The summed E-state index contributed by atoms with van der Waals surface area (Å²) in [5.74, 6) is -2.22. The largest absolute Gasteiger partial charge is 0.460 e. The Bertz CT molecular complexity index is 935. The SMILES string of the molecule is CCCCCC[C@@H](C)[C@H]1CC(=O)N[C@H](C(C)C)C(=O)N[C@@H](Cc2ccccc2)C(=O)N[C@H]([C@H](C)CC)C(=O)O1. The predicted octanol–water partition coefficient (Wildman–Crippen LogP) is 4.31. The zero-order valence-electron chi connectivity index (χ0n) is 24.6. The van der Waals surface area contributed by atoms with Gasteiger partial charge in [0, 0.05) is 6.42 Å². The van der Waals surface area contributed by atoms with E-state index in [1.54, 1.807) is 0 Å². The summed E-state index contributed by atoms with van der Waals surface area (Å²) >= 11 is 0. The van der Waals surface area contributed by atoms with Crippen LogP contribution >= 0.6 is 0 Å². The molecule has 0 unspecified atom stereocenters. The number of amides is 3.